The van der Waals surface area contributed by atoms with Crippen molar-refractivity contribution < 1.29 is 19.1 Å². The Morgan fingerprint density at radius 1 is 0.472 bits per heavy atom. The van der Waals surface area contributed by atoms with Crippen LogP contribution in [0.25, 0.3) is 0 Å². The summed E-state index contributed by atoms with van der Waals surface area (Å²) in [6.45, 7) is 12.2. The molecule has 0 aliphatic carbocycles. The molecule has 0 heterocycles. The number of carbonyl (C=O) groups excluding carboxylic acids is 2. The maximum absolute atomic E-state index is 11.9. The molecule has 4 nitrogen and oxygen atoms in total. The first-order valence-electron chi connectivity index (χ1n) is 15.6. The lowest BCUT2D eigenvalue weighted by molar-refractivity contribution is -0.145. The molecule has 0 rings (SSSR count). The third-order valence-corrected chi connectivity index (χ3v) is 6.97. The smallest absolute Gasteiger partial charge is 0.306 e. The van der Waals surface area contributed by atoms with Crippen LogP contribution in [-0.4, -0.2) is 25.2 Å². The van der Waals surface area contributed by atoms with E-state index in [9.17, 15) is 9.59 Å². The predicted octanol–water partition coefficient (Wildman–Crippen LogP) is 9.82. The Morgan fingerprint density at radius 2 is 0.861 bits per heavy atom. The molecule has 0 N–H and O–H groups in total. The first-order chi connectivity index (χ1) is 17.3. The Kier molecular flexibility index (Phi) is 24.8. The summed E-state index contributed by atoms with van der Waals surface area (Å²) in [5.41, 5.74) is 0. The number of hydrogen-bond donors (Lipinski definition) is 0. The first-order valence-corrected chi connectivity index (χ1v) is 15.6. The summed E-state index contributed by atoms with van der Waals surface area (Å²) in [6.07, 6.45) is 23.2. The molecule has 0 saturated carbocycles. The van der Waals surface area contributed by atoms with Crippen LogP contribution in [0.5, 0.6) is 0 Å². The van der Waals surface area contributed by atoms with Crippen LogP contribution >= 0.6 is 0 Å². The molecule has 0 aromatic carbocycles. The number of esters is 2. The van der Waals surface area contributed by atoms with E-state index in [0.29, 0.717) is 43.8 Å². The molecular formula is C32H62O4. The molecule has 0 spiro atoms. The third kappa shape index (κ3) is 27.5. The fourth-order valence-electron chi connectivity index (χ4n) is 4.58. The highest BCUT2D eigenvalue weighted by atomic mass is 16.5. The van der Waals surface area contributed by atoms with Gasteiger partial charge in [0.05, 0.1) is 13.2 Å². The van der Waals surface area contributed by atoms with Crippen LogP contribution in [0.3, 0.4) is 0 Å². The third-order valence-electron chi connectivity index (χ3n) is 6.97. The van der Waals surface area contributed by atoms with E-state index in [1.807, 2.05) is 0 Å². The van der Waals surface area contributed by atoms with Gasteiger partial charge in [0, 0.05) is 12.8 Å². The Labute approximate surface area is 225 Å². The van der Waals surface area contributed by atoms with Crippen LogP contribution in [0.15, 0.2) is 0 Å². The van der Waals surface area contributed by atoms with E-state index in [0.717, 1.165) is 44.9 Å². The number of rotatable bonds is 26. The second-order valence-corrected chi connectivity index (χ2v) is 12.0. The minimum Gasteiger partial charge on any atom is -0.466 e. The molecule has 0 bridgehead atoms. The van der Waals surface area contributed by atoms with E-state index in [-0.39, 0.29) is 11.9 Å². The number of ether oxygens (including phenoxy) is 2. The molecule has 0 fully saturated rings. The van der Waals surface area contributed by atoms with E-state index in [2.05, 4.69) is 34.6 Å². The molecule has 0 aliphatic heterocycles. The van der Waals surface area contributed by atoms with Crippen molar-refractivity contribution in [3.63, 3.8) is 0 Å². The van der Waals surface area contributed by atoms with E-state index >= 15 is 0 Å². The van der Waals surface area contributed by atoms with Gasteiger partial charge in [-0.15, -0.1) is 0 Å². The molecule has 214 valence electrons. The van der Waals surface area contributed by atoms with E-state index in [4.69, 9.17) is 9.47 Å². The van der Waals surface area contributed by atoms with Crippen LogP contribution < -0.4 is 0 Å². The quantitative estimate of drug-likeness (QED) is 0.0858. The molecule has 0 aliphatic rings. The van der Waals surface area contributed by atoms with Gasteiger partial charge in [-0.05, 0) is 49.9 Å². The van der Waals surface area contributed by atoms with Crippen molar-refractivity contribution in [1.82, 2.24) is 0 Å². The van der Waals surface area contributed by atoms with Gasteiger partial charge in [0.2, 0.25) is 0 Å². The lowest BCUT2D eigenvalue weighted by Gasteiger charge is -2.11. The van der Waals surface area contributed by atoms with E-state index in [1.54, 1.807) is 0 Å². The monoisotopic (exact) mass is 510 g/mol. The molecule has 0 aromatic heterocycles. The lowest BCUT2D eigenvalue weighted by Crippen LogP contribution is -2.11. The summed E-state index contributed by atoms with van der Waals surface area (Å²) < 4.78 is 10.7. The van der Waals surface area contributed by atoms with Gasteiger partial charge in [-0.25, -0.2) is 0 Å². The van der Waals surface area contributed by atoms with Crippen LogP contribution in [0.1, 0.15) is 163 Å². The van der Waals surface area contributed by atoms with Gasteiger partial charge >= 0.3 is 11.9 Å². The molecule has 0 saturated heterocycles. The van der Waals surface area contributed by atoms with Gasteiger partial charge in [0.1, 0.15) is 0 Å². The van der Waals surface area contributed by atoms with Crippen molar-refractivity contribution in [2.24, 2.45) is 17.8 Å². The Bertz CT molecular complexity index is 500. The molecule has 4 heteroatoms. The molecule has 0 aromatic rings. The highest BCUT2D eigenvalue weighted by Crippen LogP contribution is 2.17. The van der Waals surface area contributed by atoms with Crippen molar-refractivity contribution in [1.29, 1.82) is 0 Å². The van der Waals surface area contributed by atoms with E-state index in [1.165, 1.54) is 70.6 Å². The Hall–Kier alpha value is -1.06. The summed E-state index contributed by atoms with van der Waals surface area (Å²) in [5.74, 6) is 1.77. The zero-order chi connectivity index (χ0) is 26.9. The Morgan fingerprint density at radius 3 is 1.31 bits per heavy atom. The van der Waals surface area contributed by atoms with Crippen LogP contribution in [0.4, 0.5) is 0 Å². The molecule has 0 amide bonds. The second kappa shape index (κ2) is 25.6. The maximum atomic E-state index is 11.9. The zero-order valence-corrected chi connectivity index (χ0v) is 24.9. The van der Waals surface area contributed by atoms with Crippen molar-refractivity contribution in [2.75, 3.05) is 13.2 Å². The number of carbonyl (C=O) groups is 2. The standard InChI is InChI=1S/C32H62O4/c1-28(2)21-19-25-35-31(33)24-18-16-14-12-10-8-6-7-9-11-13-15-17-23-30(5)27-32(34)36-26-20-22-29(3)4/h28-30H,6-27H2,1-5H3. The average molecular weight is 511 g/mol. The lowest BCUT2D eigenvalue weighted by atomic mass is 9.98. The van der Waals surface area contributed by atoms with Gasteiger partial charge in [-0.3, -0.25) is 9.59 Å². The molecule has 0 radical (unpaired) electrons. The van der Waals surface area contributed by atoms with Crippen LogP contribution in [0.2, 0.25) is 0 Å². The van der Waals surface area contributed by atoms with Gasteiger partial charge in [-0.2, -0.15) is 0 Å². The van der Waals surface area contributed by atoms with Crippen LogP contribution in [0, 0.1) is 17.8 Å². The minimum absolute atomic E-state index is 0.0131. The van der Waals surface area contributed by atoms with Crippen molar-refractivity contribution >= 4 is 11.9 Å². The summed E-state index contributed by atoms with van der Waals surface area (Å²) >= 11 is 0. The maximum Gasteiger partial charge on any atom is 0.306 e. The van der Waals surface area contributed by atoms with Crippen molar-refractivity contribution in [3.05, 3.63) is 0 Å². The first kappa shape index (κ1) is 34.9. The normalized spacial score (nSPS) is 12.3. The number of unbranched alkanes of at least 4 members (excludes halogenated alkanes) is 12. The summed E-state index contributed by atoms with van der Waals surface area (Å²) in [6, 6.07) is 0. The fourth-order valence-corrected chi connectivity index (χ4v) is 4.58. The Balaban J connectivity index is 3.30. The van der Waals surface area contributed by atoms with Crippen LogP contribution in [-0.2, 0) is 19.1 Å². The van der Waals surface area contributed by atoms with Gasteiger partial charge < -0.3 is 9.47 Å². The highest BCUT2D eigenvalue weighted by molar-refractivity contribution is 5.69. The highest BCUT2D eigenvalue weighted by Gasteiger charge is 2.10. The SMILES string of the molecule is CC(C)CCCOC(=O)CCCCCCCCCCCCCCCC(C)CC(=O)OCCCC(C)C. The molecular weight excluding hydrogens is 448 g/mol. The zero-order valence-electron chi connectivity index (χ0n) is 24.9. The summed E-state index contributed by atoms with van der Waals surface area (Å²) in [7, 11) is 0. The number of hydrogen-bond acceptors (Lipinski definition) is 4. The van der Waals surface area contributed by atoms with Gasteiger partial charge in [0.15, 0.2) is 0 Å². The fraction of sp³-hybridized carbons (Fsp3) is 0.938. The van der Waals surface area contributed by atoms with Gasteiger partial charge in [-0.1, -0.05) is 118 Å². The minimum atomic E-state index is -0.0149. The predicted molar refractivity (Wildman–Crippen MR) is 153 cm³/mol. The molecule has 1 unspecified atom stereocenters. The average Bonchev–Trinajstić information content (AvgIpc) is 2.81. The van der Waals surface area contributed by atoms with Crippen molar-refractivity contribution in [2.45, 2.75) is 163 Å². The van der Waals surface area contributed by atoms with Crippen molar-refractivity contribution in [3.8, 4) is 0 Å². The molecule has 36 heavy (non-hydrogen) atoms. The summed E-state index contributed by atoms with van der Waals surface area (Å²) in [5, 5.41) is 0. The summed E-state index contributed by atoms with van der Waals surface area (Å²) in [4.78, 5) is 23.6. The largest absolute Gasteiger partial charge is 0.466 e. The molecule has 1 atom stereocenters. The van der Waals surface area contributed by atoms with E-state index < -0.39 is 0 Å². The second-order valence-electron chi connectivity index (χ2n) is 12.0. The topological polar surface area (TPSA) is 52.6 Å². The van der Waals surface area contributed by atoms with Gasteiger partial charge in [0.25, 0.3) is 0 Å².